The van der Waals surface area contributed by atoms with Gasteiger partial charge >= 0.3 is 0 Å². The molecule has 8 rings (SSSR count). The summed E-state index contributed by atoms with van der Waals surface area (Å²) < 4.78 is 0. The van der Waals surface area contributed by atoms with Crippen molar-refractivity contribution >= 4 is 23.0 Å². The van der Waals surface area contributed by atoms with Crippen molar-refractivity contribution in [2.24, 2.45) is 9.98 Å². The van der Waals surface area contributed by atoms with Gasteiger partial charge in [-0.15, -0.1) is 0 Å². The van der Waals surface area contributed by atoms with Gasteiger partial charge in [0.25, 0.3) is 0 Å². The van der Waals surface area contributed by atoms with Crippen LogP contribution in [0.4, 0.5) is 11.4 Å². The molecule has 0 spiro atoms. The number of nitrogens with zero attached hydrogens (tertiary/aromatic N) is 6. The Morgan fingerprint density at radius 2 is 0.704 bits per heavy atom. The number of rotatable bonds is 7. The first-order valence-electron chi connectivity index (χ1n) is 18.8. The van der Waals surface area contributed by atoms with Gasteiger partial charge in [-0.1, -0.05) is 115 Å². The van der Waals surface area contributed by atoms with E-state index in [2.05, 4.69) is 193 Å². The van der Waals surface area contributed by atoms with Gasteiger partial charge in [-0.05, 0) is 85.7 Å². The summed E-state index contributed by atoms with van der Waals surface area (Å²) in [5.74, 6) is 2.61. The molecule has 270 valence electrons. The van der Waals surface area contributed by atoms with E-state index in [9.17, 15) is 0 Å². The smallest absolute Gasteiger partial charge is 0.160 e. The normalized spacial score (nSPS) is 18.0. The Kier molecular flexibility index (Phi) is 8.41. The molecule has 2 aliphatic heterocycles. The van der Waals surface area contributed by atoms with Crippen LogP contribution in [0.3, 0.4) is 0 Å². The van der Waals surface area contributed by atoms with E-state index in [0.717, 1.165) is 62.3 Å². The average Bonchev–Trinajstić information content (AvgIpc) is 3.50. The van der Waals surface area contributed by atoms with Gasteiger partial charge in [-0.25, -0.2) is 9.97 Å². The second-order valence-electron chi connectivity index (χ2n) is 16.4. The van der Waals surface area contributed by atoms with Crippen LogP contribution in [0.25, 0.3) is 33.9 Å². The highest BCUT2D eigenvalue weighted by molar-refractivity contribution is 6.14. The quantitative estimate of drug-likeness (QED) is 0.166. The summed E-state index contributed by atoms with van der Waals surface area (Å²) >= 11 is 0. The third-order valence-corrected chi connectivity index (χ3v) is 12.0. The van der Waals surface area contributed by atoms with Crippen LogP contribution in [0, 0.1) is 0 Å². The molecule has 0 fully saturated rings. The summed E-state index contributed by atoms with van der Waals surface area (Å²) in [4.78, 5) is 25.6. The minimum Gasteiger partial charge on any atom is -0.318 e. The first-order chi connectivity index (χ1) is 25.8. The summed E-state index contributed by atoms with van der Waals surface area (Å²) in [6.07, 6.45) is 0. The van der Waals surface area contributed by atoms with Crippen molar-refractivity contribution in [3.05, 3.63) is 157 Å². The molecule has 0 saturated carbocycles. The molecule has 54 heavy (non-hydrogen) atoms. The van der Waals surface area contributed by atoms with Crippen LogP contribution < -0.4 is 9.80 Å². The number of para-hydroxylation sites is 2. The zero-order valence-electron chi connectivity index (χ0n) is 32.5. The van der Waals surface area contributed by atoms with Crippen molar-refractivity contribution < 1.29 is 0 Å². The van der Waals surface area contributed by atoms with Crippen LogP contribution in [-0.2, 0) is 0 Å². The number of aliphatic imine (C=N–C) groups is 2. The minimum atomic E-state index is -0.287. The first kappa shape index (κ1) is 35.2. The molecular formula is C48H48N6. The van der Waals surface area contributed by atoms with E-state index in [4.69, 9.17) is 20.0 Å². The molecule has 0 amide bonds. The van der Waals surface area contributed by atoms with Crippen molar-refractivity contribution in [1.29, 1.82) is 0 Å². The predicted octanol–water partition coefficient (Wildman–Crippen LogP) is 11.1. The second-order valence-corrected chi connectivity index (χ2v) is 16.4. The average molecular weight is 709 g/mol. The largest absolute Gasteiger partial charge is 0.318 e. The summed E-state index contributed by atoms with van der Waals surface area (Å²) in [5.41, 5.74) is 8.12. The van der Waals surface area contributed by atoms with Gasteiger partial charge in [0.15, 0.2) is 5.82 Å². The van der Waals surface area contributed by atoms with Crippen LogP contribution in [-0.4, -0.2) is 43.8 Å². The Morgan fingerprint density at radius 1 is 0.370 bits per heavy atom. The molecule has 6 nitrogen and oxygen atoms in total. The maximum Gasteiger partial charge on any atom is 0.160 e. The Hall–Kier alpha value is -5.88. The third-order valence-electron chi connectivity index (χ3n) is 12.0. The van der Waals surface area contributed by atoms with Gasteiger partial charge < -0.3 is 9.80 Å². The van der Waals surface area contributed by atoms with E-state index in [1.165, 1.54) is 0 Å². The zero-order valence-corrected chi connectivity index (χ0v) is 32.5. The van der Waals surface area contributed by atoms with Crippen molar-refractivity contribution in [1.82, 2.24) is 9.97 Å². The highest BCUT2D eigenvalue weighted by Gasteiger charge is 2.50. The summed E-state index contributed by atoms with van der Waals surface area (Å²) in [6.45, 7) is 17.9. The molecule has 0 N–H and O–H groups in total. The van der Waals surface area contributed by atoms with Crippen molar-refractivity contribution in [2.45, 2.75) is 77.5 Å². The number of amidine groups is 2. The molecule has 5 aromatic carbocycles. The van der Waals surface area contributed by atoms with Crippen molar-refractivity contribution in [3.63, 3.8) is 0 Å². The topological polar surface area (TPSA) is 57.0 Å². The molecule has 0 atom stereocenters. The maximum atomic E-state index is 5.29. The minimum absolute atomic E-state index is 0.222. The Labute approximate surface area is 320 Å². The van der Waals surface area contributed by atoms with E-state index >= 15 is 0 Å². The van der Waals surface area contributed by atoms with E-state index in [1.807, 2.05) is 18.2 Å². The Balaban J connectivity index is 1.16. The van der Waals surface area contributed by atoms with Gasteiger partial charge in [-0.2, -0.15) is 0 Å². The third kappa shape index (κ3) is 5.90. The lowest BCUT2D eigenvalue weighted by Gasteiger charge is -2.41. The fraction of sp³-hybridized carbons (Fsp3) is 0.250. The molecule has 2 aliphatic rings. The number of hydrogen-bond acceptors (Lipinski definition) is 6. The zero-order chi connectivity index (χ0) is 37.9. The van der Waals surface area contributed by atoms with Crippen LogP contribution >= 0.6 is 0 Å². The lowest BCUT2D eigenvalue weighted by atomic mass is 9.83. The molecule has 0 radical (unpaired) electrons. The fourth-order valence-electron chi connectivity index (χ4n) is 7.45. The van der Waals surface area contributed by atoms with E-state index in [0.29, 0.717) is 5.82 Å². The summed E-state index contributed by atoms with van der Waals surface area (Å²) in [5, 5.41) is 0. The van der Waals surface area contributed by atoms with E-state index in [1.54, 1.807) is 0 Å². The molecule has 0 saturated heterocycles. The predicted molar refractivity (Wildman–Crippen MR) is 226 cm³/mol. The van der Waals surface area contributed by atoms with Crippen LogP contribution in [0.2, 0.25) is 0 Å². The Morgan fingerprint density at radius 3 is 1.11 bits per heavy atom. The Bertz CT molecular complexity index is 2210. The first-order valence-corrected chi connectivity index (χ1v) is 18.8. The van der Waals surface area contributed by atoms with Crippen molar-refractivity contribution in [3.8, 4) is 33.9 Å². The molecule has 3 heterocycles. The van der Waals surface area contributed by atoms with Gasteiger partial charge in [0.2, 0.25) is 0 Å². The fourth-order valence-corrected chi connectivity index (χ4v) is 7.45. The number of benzene rings is 5. The van der Waals surface area contributed by atoms with Crippen LogP contribution in [0.5, 0.6) is 0 Å². The highest BCUT2D eigenvalue weighted by atomic mass is 15.3. The molecule has 6 aromatic rings. The summed E-state index contributed by atoms with van der Waals surface area (Å²) in [7, 11) is 0. The molecule has 0 bridgehead atoms. The van der Waals surface area contributed by atoms with Crippen molar-refractivity contribution in [2.75, 3.05) is 9.80 Å². The van der Waals surface area contributed by atoms with Gasteiger partial charge in [-0.3, -0.25) is 9.98 Å². The lowest BCUT2D eigenvalue weighted by Crippen LogP contribution is -2.53. The molecule has 1 aromatic heterocycles. The van der Waals surface area contributed by atoms with Crippen LogP contribution in [0.15, 0.2) is 156 Å². The van der Waals surface area contributed by atoms with E-state index in [-0.39, 0.29) is 22.2 Å². The molecule has 6 heteroatoms. The molecule has 0 unspecified atom stereocenters. The maximum absolute atomic E-state index is 5.29. The number of aromatic nitrogens is 2. The van der Waals surface area contributed by atoms with Gasteiger partial charge in [0.05, 0.1) is 33.5 Å². The van der Waals surface area contributed by atoms with Crippen LogP contribution in [0.1, 0.15) is 66.5 Å². The van der Waals surface area contributed by atoms with Gasteiger partial charge in [0, 0.05) is 39.2 Å². The standard InChI is InChI=1S/C48H48N6/c1-45(2)47(5,6)53(38-20-14-10-15-21-38)43(51-45)36-28-24-34(25-29-36)41-32-40(33-18-12-9-13-19-33)49-42(50-41)35-26-30-37(31-27-35)44-52-46(3,4)48(7,8)54(44)39-22-16-11-17-23-39/h9-32H,1-8H3. The highest BCUT2D eigenvalue weighted by Crippen LogP contribution is 2.44. The van der Waals surface area contributed by atoms with E-state index < -0.39 is 0 Å². The second kappa shape index (κ2) is 12.9. The summed E-state index contributed by atoms with van der Waals surface area (Å²) in [6, 6.07) is 50.7. The number of anilines is 2. The lowest BCUT2D eigenvalue weighted by molar-refractivity contribution is 0.338. The monoisotopic (exact) mass is 708 g/mol. The SMILES string of the molecule is CC1(C)N=C(c2ccc(-c3cc(-c4ccccc4)nc(-c4ccc(C5=NC(C)(C)C(C)(C)N5c5ccccc5)cc4)n3)cc2)N(c2ccccc2)C1(C)C. The molecular weight excluding hydrogens is 661 g/mol. The number of hydrogen-bond donors (Lipinski definition) is 0. The molecule has 0 aliphatic carbocycles. The van der Waals surface area contributed by atoms with Gasteiger partial charge in [0.1, 0.15) is 11.7 Å².